The van der Waals surface area contributed by atoms with Crippen molar-refractivity contribution in [2.45, 2.75) is 31.2 Å². The SMILES string of the molecule is C[C@H]1CN(C(=O)CSc2nnc(-c3ccc(Cl)cc3)n2C)C[C@H](C)O1. The number of amides is 1. The van der Waals surface area contributed by atoms with Crippen molar-refractivity contribution in [1.29, 1.82) is 0 Å². The van der Waals surface area contributed by atoms with Crippen LogP contribution in [0.4, 0.5) is 0 Å². The number of aromatic nitrogens is 3. The molecule has 0 unspecified atom stereocenters. The quantitative estimate of drug-likeness (QED) is 0.763. The molecule has 8 heteroatoms. The van der Waals surface area contributed by atoms with E-state index >= 15 is 0 Å². The molecule has 2 aromatic rings. The molecule has 1 aromatic carbocycles. The Bertz CT molecular complexity index is 740. The highest BCUT2D eigenvalue weighted by Gasteiger charge is 2.26. The van der Waals surface area contributed by atoms with Crippen molar-refractivity contribution in [3.05, 3.63) is 29.3 Å². The van der Waals surface area contributed by atoms with Crippen molar-refractivity contribution in [3.63, 3.8) is 0 Å². The highest BCUT2D eigenvalue weighted by atomic mass is 35.5. The molecule has 1 aliphatic rings. The molecule has 25 heavy (non-hydrogen) atoms. The molecule has 0 saturated carbocycles. The van der Waals surface area contributed by atoms with Gasteiger partial charge in [0.15, 0.2) is 11.0 Å². The molecule has 134 valence electrons. The first-order valence-corrected chi connectivity index (χ1v) is 9.51. The Morgan fingerprint density at radius 3 is 2.52 bits per heavy atom. The van der Waals surface area contributed by atoms with Gasteiger partial charge < -0.3 is 14.2 Å². The number of halogens is 1. The Morgan fingerprint density at radius 1 is 1.24 bits per heavy atom. The maximum Gasteiger partial charge on any atom is 0.233 e. The molecular weight excluding hydrogens is 360 g/mol. The summed E-state index contributed by atoms with van der Waals surface area (Å²) < 4.78 is 7.57. The van der Waals surface area contributed by atoms with Gasteiger partial charge in [0, 0.05) is 30.7 Å². The van der Waals surface area contributed by atoms with Crippen molar-refractivity contribution < 1.29 is 9.53 Å². The number of hydrogen-bond donors (Lipinski definition) is 0. The third-order valence-corrected chi connectivity index (χ3v) is 5.29. The van der Waals surface area contributed by atoms with E-state index in [9.17, 15) is 4.79 Å². The van der Waals surface area contributed by atoms with Crippen molar-refractivity contribution in [2.24, 2.45) is 7.05 Å². The maximum atomic E-state index is 12.5. The van der Waals surface area contributed by atoms with E-state index < -0.39 is 0 Å². The van der Waals surface area contributed by atoms with Crippen LogP contribution in [0.2, 0.25) is 5.02 Å². The van der Waals surface area contributed by atoms with Gasteiger partial charge in [-0.05, 0) is 38.1 Å². The molecular formula is C17H21ClN4O2S. The average Bonchev–Trinajstić information content (AvgIpc) is 2.93. The van der Waals surface area contributed by atoms with E-state index in [1.165, 1.54) is 11.8 Å². The number of rotatable bonds is 4. The molecule has 0 aliphatic carbocycles. The van der Waals surface area contributed by atoms with Gasteiger partial charge in [-0.3, -0.25) is 4.79 Å². The van der Waals surface area contributed by atoms with E-state index in [1.807, 2.05) is 54.6 Å². The average molecular weight is 381 g/mol. The van der Waals surface area contributed by atoms with Gasteiger partial charge in [-0.2, -0.15) is 0 Å². The molecule has 1 aliphatic heterocycles. The summed E-state index contributed by atoms with van der Waals surface area (Å²) >= 11 is 7.33. The van der Waals surface area contributed by atoms with Crippen LogP contribution >= 0.6 is 23.4 Å². The fourth-order valence-electron chi connectivity index (χ4n) is 2.89. The highest BCUT2D eigenvalue weighted by molar-refractivity contribution is 7.99. The van der Waals surface area contributed by atoms with Gasteiger partial charge in [0.05, 0.1) is 18.0 Å². The standard InChI is InChI=1S/C17H21ClN4O2S/c1-11-8-22(9-12(2)24-11)15(23)10-25-17-20-19-16(21(17)3)13-4-6-14(18)7-5-13/h4-7,11-12H,8-10H2,1-3H3/t11-,12-/m0/s1. The van der Waals surface area contributed by atoms with Crippen LogP contribution in [0.3, 0.4) is 0 Å². The molecule has 0 N–H and O–H groups in total. The number of carbonyl (C=O) groups excluding carboxylic acids is 1. The van der Waals surface area contributed by atoms with Gasteiger partial charge >= 0.3 is 0 Å². The lowest BCUT2D eigenvalue weighted by Crippen LogP contribution is -2.48. The zero-order chi connectivity index (χ0) is 18.0. The predicted molar refractivity (Wildman–Crippen MR) is 98.8 cm³/mol. The molecule has 2 atom stereocenters. The normalized spacial score (nSPS) is 20.7. The summed E-state index contributed by atoms with van der Waals surface area (Å²) in [6, 6.07) is 7.45. The Labute approximate surface area is 156 Å². The summed E-state index contributed by atoms with van der Waals surface area (Å²) in [5.41, 5.74) is 0.938. The summed E-state index contributed by atoms with van der Waals surface area (Å²) in [7, 11) is 1.90. The lowest BCUT2D eigenvalue weighted by molar-refractivity contribution is -0.140. The molecule has 0 bridgehead atoms. The fourth-order valence-corrected chi connectivity index (χ4v) is 3.83. The summed E-state index contributed by atoms with van der Waals surface area (Å²) in [5, 5.41) is 9.84. The molecule has 0 spiro atoms. The highest BCUT2D eigenvalue weighted by Crippen LogP contribution is 2.24. The summed E-state index contributed by atoms with van der Waals surface area (Å²) in [6.07, 6.45) is 0.146. The fraction of sp³-hybridized carbons (Fsp3) is 0.471. The molecule has 1 amide bonds. The van der Waals surface area contributed by atoms with Gasteiger partial charge in [0.1, 0.15) is 0 Å². The van der Waals surface area contributed by atoms with E-state index in [0.717, 1.165) is 11.4 Å². The summed E-state index contributed by atoms with van der Waals surface area (Å²) in [6.45, 7) is 5.26. The largest absolute Gasteiger partial charge is 0.372 e. The molecule has 1 fully saturated rings. The number of ether oxygens (including phenoxy) is 1. The molecule has 0 radical (unpaired) electrons. The first-order chi connectivity index (χ1) is 11.9. The van der Waals surface area contributed by atoms with E-state index in [2.05, 4.69) is 10.2 Å². The first kappa shape index (κ1) is 18.2. The topological polar surface area (TPSA) is 60.2 Å². The second kappa shape index (κ2) is 7.76. The molecule has 3 rings (SSSR count). The van der Waals surface area contributed by atoms with Crippen LogP contribution in [0.5, 0.6) is 0 Å². The number of nitrogens with zero attached hydrogens (tertiary/aromatic N) is 4. The number of carbonyl (C=O) groups is 1. The lowest BCUT2D eigenvalue weighted by atomic mass is 10.2. The van der Waals surface area contributed by atoms with Gasteiger partial charge in [-0.25, -0.2) is 0 Å². The van der Waals surface area contributed by atoms with Crippen molar-refractivity contribution >= 4 is 29.3 Å². The summed E-state index contributed by atoms with van der Waals surface area (Å²) in [4.78, 5) is 14.3. The van der Waals surface area contributed by atoms with Crippen LogP contribution in [0.25, 0.3) is 11.4 Å². The van der Waals surface area contributed by atoms with Gasteiger partial charge in [0.2, 0.25) is 5.91 Å². The number of hydrogen-bond acceptors (Lipinski definition) is 5. The second-order valence-electron chi connectivity index (χ2n) is 6.22. The number of thioether (sulfide) groups is 1. The van der Waals surface area contributed by atoms with Crippen LogP contribution in [0.1, 0.15) is 13.8 Å². The minimum Gasteiger partial charge on any atom is -0.372 e. The zero-order valence-electron chi connectivity index (χ0n) is 14.5. The first-order valence-electron chi connectivity index (χ1n) is 8.15. The van der Waals surface area contributed by atoms with Crippen LogP contribution in [0, 0.1) is 0 Å². The van der Waals surface area contributed by atoms with E-state index in [-0.39, 0.29) is 18.1 Å². The van der Waals surface area contributed by atoms with Crippen molar-refractivity contribution in [1.82, 2.24) is 19.7 Å². The van der Waals surface area contributed by atoms with E-state index in [1.54, 1.807) is 0 Å². The maximum absolute atomic E-state index is 12.5. The van der Waals surface area contributed by atoms with Gasteiger partial charge in [-0.15, -0.1) is 10.2 Å². The minimum atomic E-state index is 0.0732. The van der Waals surface area contributed by atoms with E-state index in [0.29, 0.717) is 29.0 Å². The summed E-state index contributed by atoms with van der Waals surface area (Å²) in [5.74, 6) is 1.19. The Hall–Kier alpha value is -1.57. The van der Waals surface area contributed by atoms with Crippen LogP contribution in [-0.2, 0) is 16.6 Å². The molecule has 1 aromatic heterocycles. The molecule has 2 heterocycles. The Balaban J connectivity index is 1.64. The minimum absolute atomic E-state index is 0.0732. The second-order valence-corrected chi connectivity index (χ2v) is 7.60. The Kier molecular flexibility index (Phi) is 5.66. The van der Waals surface area contributed by atoms with Gasteiger partial charge in [0.25, 0.3) is 0 Å². The van der Waals surface area contributed by atoms with Crippen LogP contribution in [-0.4, -0.2) is 56.6 Å². The number of benzene rings is 1. The van der Waals surface area contributed by atoms with Crippen LogP contribution < -0.4 is 0 Å². The van der Waals surface area contributed by atoms with Gasteiger partial charge in [-0.1, -0.05) is 23.4 Å². The number of morpholine rings is 1. The van der Waals surface area contributed by atoms with Crippen molar-refractivity contribution in [2.75, 3.05) is 18.8 Å². The van der Waals surface area contributed by atoms with E-state index in [4.69, 9.17) is 16.3 Å². The smallest absolute Gasteiger partial charge is 0.233 e. The zero-order valence-corrected chi connectivity index (χ0v) is 16.0. The monoisotopic (exact) mass is 380 g/mol. The van der Waals surface area contributed by atoms with Crippen LogP contribution in [0.15, 0.2) is 29.4 Å². The van der Waals surface area contributed by atoms with Crippen molar-refractivity contribution in [3.8, 4) is 11.4 Å². The molecule has 6 nitrogen and oxygen atoms in total. The molecule has 1 saturated heterocycles. The lowest BCUT2D eigenvalue weighted by Gasteiger charge is -2.35. The Morgan fingerprint density at radius 2 is 1.88 bits per heavy atom. The predicted octanol–water partition coefficient (Wildman–Crippen LogP) is 2.86. The third-order valence-electron chi connectivity index (χ3n) is 4.03. The third kappa shape index (κ3) is 4.34.